The Balaban J connectivity index is 0.000001000. The van der Waals surface area contributed by atoms with E-state index in [1.807, 2.05) is 0 Å². The van der Waals surface area contributed by atoms with Crippen LogP contribution in [-0.2, 0) is 4.79 Å². The van der Waals surface area contributed by atoms with E-state index < -0.39 is 6.04 Å². The summed E-state index contributed by atoms with van der Waals surface area (Å²) in [6.45, 7) is 0. The van der Waals surface area contributed by atoms with E-state index in [-0.39, 0.29) is 18.3 Å². The molecule has 1 aliphatic carbocycles. The van der Waals surface area contributed by atoms with E-state index in [0.717, 1.165) is 6.42 Å². The van der Waals surface area contributed by atoms with Gasteiger partial charge < -0.3 is 11.5 Å². The first-order valence-corrected chi connectivity index (χ1v) is 3.75. The average molecular weight is 179 g/mol. The van der Waals surface area contributed by atoms with Crippen molar-refractivity contribution in [1.82, 2.24) is 0 Å². The molecule has 4 heteroatoms. The van der Waals surface area contributed by atoms with Crippen molar-refractivity contribution in [3.05, 3.63) is 0 Å². The zero-order chi connectivity index (χ0) is 7.56. The zero-order valence-corrected chi connectivity index (χ0v) is 7.27. The second-order valence-electron chi connectivity index (χ2n) is 3.04. The fourth-order valence-electron chi connectivity index (χ4n) is 1.20. The molecule has 0 spiro atoms. The van der Waals surface area contributed by atoms with Gasteiger partial charge in [-0.15, -0.1) is 12.4 Å². The highest BCUT2D eigenvalue weighted by molar-refractivity contribution is 5.85. The standard InChI is InChI=1S/C7H14N2O.ClH/c8-6(7(9)10)4-5-2-1-3-5;/h5-6H,1-4,8H2,(H2,9,10);1H. The second-order valence-corrected chi connectivity index (χ2v) is 3.04. The summed E-state index contributed by atoms with van der Waals surface area (Å²) in [5.41, 5.74) is 10.5. The number of carbonyl (C=O) groups is 1. The van der Waals surface area contributed by atoms with E-state index in [0.29, 0.717) is 5.92 Å². The van der Waals surface area contributed by atoms with Gasteiger partial charge in [-0.05, 0) is 12.3 Å². The van der Waals surface area contributed by atoms with Gasteiger partial charge in [0.15, 0.2) is 0 Å². The van der Waals surface area contributed by atoms with E-state index in [1.54, 1.807) is 0 Å². The minimum absolute atomic E-state index is 0. The SMILES string of the molecule is Cl.NC(=O)C(N)CC1CCC1. The van der Waals surface area contributed by atoms with Gasteiger partial charge >= 0.3 is 0 Å². The summed E-state index contributed by atoms with van der Waals surface area (Å²) < 4.78 is 0. The fourth-order valence-corrected chi connectivity index (χ4v) is 1.20. The Labute approximate surface area is 72.9 Å². The lowest BCUT2D eigenvalue weighted by Gasteiger charge is -2.26. The number of hydrogen-bond acceptors (Lipinski definition) is 2. The van der Waals surface area contributed by atoms with Crippen molar-refractivity contribution in [1.29, 1.82) is 0 Å². The van der Waals surface area contributed by atoms with Crippen molar-refractivity contribution in [3.63, 3.8) is 0 Å². The van der Waals surface area contributed by atoms with Gasteiger partial charge in [-0.2, -0.15) is 0 Å². The Bertz CT molecular complexity index is 136. The molecule has 1 saturated carbocycles. The van der Waals surface area contributed by atoms with Crippen LogP contribution in [0.15, 0.2) is 0 Å². The molecule has 66 valence electrons. The summed E-state index contributed by atoms with van der Waals surface area (Å²) in [7, 11) is 0. The molecule has 3 nitrogen and oxygen atoms in total. The van der Waals surface area contributed by atoms with Crippen molar-refractivity contribution >= 4 is 18.3 Å². The quantitative estimate of drug-likeness (QED) is 0.658. The van der Waals surface area contributed by atoms with Crippen molar-refractivity contribution < 1.29 is 4.79 Å². The molecule has 4 N–H and O–H groups in total. The number of rotatable bonds is 3. The molecule has 0 aromatic carbocycles. The van der Waals surface area contributed by atoms with Crippen LogP contribution < -0.4 is 11.5 Å². The molecule has 0 aromatic rings. The van der Waals surface area contributed by atoms with E-state index in [1.165, 1.54) is 19.3 Å². The van der Waals surface area contributed by atoms with Crippen LogP contribution in [0.5, 0.6) is 0 Å². The minimum Gasteiger partial charge on any atom is -0.368 e. The predicted molar refractivity (Wildman–Crippen MR) is 46.4 cm³/mol. The largest absolute Gasteiger partial charge is 0.368 e. The van der Waals surface area contributed by atoms with Crippen molar-refractivity contribution in [3.8, 4) is 0 Å². The van der Waals surface area contributed by atoms with Crippen molar-refractivity contribution in [2.45, 2.75) is 31.7 Å². The monoisotopic (exact) mass is 178 g/mol. The van der Waals surface area contributed by atoms with Gasteiger partial charge in [-0.25, -0.2) is 0 Å². The average Bonchev–Trinajstić information content (AvgIpc) is 1.77. The number of hydrogen-bond donors (Lipinski definition) is 2. The lowest BCUT2D eigenvalue weighted by Crippen LogP contribution is -2.38. The Hall–Kier alpha value is -0.280. The van der Waals surface area contributed by atoms with Crippen LogP contribution in [0.3, 0.4) is 0 Å². The van der Waals surface area contributed by atoms with Crippen LogP contribution in [0.1, 0.15) is 25.7 Å². The summed E-state index contributed by atoms with van der Waals surface area (Å²) in [5.74, 6) is 0.300. The number of carbonyl (C=O) groups excluding carboxylic acids is 1. The second kappa shape index (κ2) is 4.57. The van der Waals surface area contributed by atoms with E-state index in [9.17, 15) is 4.79 Å². The molecule has 1 amide bonds. The first-order chi connectivity index (χ1) is 4.70. The van der Waals surface area contributed by atoms with Crippen LogP contribution in [0.4, 0.5) is 0 Å². The molecule has 1 rings (SSSR count). The Morgan fingerprint density at radius 3 is 2.36 bits per heavy atom. The number of nitrogens with two attached hydrogens (primary N) is 2. The molecule has 0 aromatic heterocycles. The number of halogens is 1. The van der Waals surface area contributed by atoms with Gasteiger partial charge in [-0.3, -0.25) is 4.79 Å². The third-order valence-electron chi connectivity index (χ3n) is 2.18. The first kappa shape index (κ1) is 10.7. The third kappa shape index (κ3) is 3.08. The third-order valence-corrected chi connectivity index (χ3v) is 2.18. The molecule has 1 atom stereocenters. The zero-order valence-electron chi connectivity index (χ0n) is 6.45. The van der Waals surface area contributed by atoms with Crippen molar-refractivity contribution in [2.24, 2.45) is 17.4 Å². The normalized spacial score (nSPS) is 19.7. The molecule has 1 aliphatic rings. The molecule has 0 bridgehead atoms. The molecular weight excluding hydrogens is 164 g/mol. The van der Waals surface area contributed by atoms with Crippen LogP contribution >= 0.6 is 12.4 Å². The molecular formula is C7H15ClN2O. The highest BCUT2D eigenvalue weighted by Gasteiger charge is 2.22. The molecule has 0 aliphatic heterocycles. The summed E-state index contributed by atoms with van der Waals surface area (Å²) in [4.78, 5) is 10.5. The lowest BCUT2D eigenvalue weighted by molar-refractivity contribution is -0.119. The number of amides is 1. The van der Waals surface area contributed by atoms with Gasteiger partial charge in [0.05, 0.1) is 6.04 Å². The van der Waals surface area contributed by atoms with Gasteiger partial charge in [0.25, 0.3) is 0 Å². The fraction of sp³-hybridized carbons (Fsp3) is 0.857. The summed E-state index contributed by atoms with van der Waals surface area (Å²) in [5, 5.41) is 0. The molecule has 1 unspecified atom stereocenters. The maximum absolute atomic E-state index is 10.5. The van der Waals surface area contributed by atoms with Crippen LogP contribution in [0.2, 0.25) is 0 Å². The van der Waals surface area contributed by atoms with Crippen LogP contribution in [0.25, 0.3) is 0 Å². The van der Waals surface area contributed by atoms with Crippen LogP contribution in [-0.4, -0.2) is 11.9 Å². The Morgan fingerprint density at radius 2 is 2.09 bits per heavy atom. The van der Waals surface area contributed by atoms with Gasteiger partial charge in [0.2, 0.25) is 5.91 Å². The van der Waals surface area contributed by atoms with Crippen molar-refractivity contribution in [2.75, 3.05) is 0 Å². The van der Waals surface area contributed by atoms with E-state index in [2.05, 4.69) is 0 Å². The maximum Gasteiger partial charge on any atom is 0.234 e. The number of primary amides is 1. The first-order valence-electron chi connectivity index (χ1n) is 3.75. The van der Waals surface area contributed by atoms with E-state index >= 15 is 0 Å². The lowest BCUT2D eigenvalue weighted by atomic mass is 9.81. The Morgan fingerprint density at radius 1 is 1.55 bits per heavy atom. The summed E-state index contributed by atoms with van der Waals surface area (Å²) >= 11 is 0. The molecule has 0 heterocycles. The van der Waals surface area contributed by atoms with Gasteiger partial charge in [0.1, 0.15) is 0 Å². The highest BCUT2D eigenvalue weighted by Crippen LogP contribution is 2.29. The molecule has 11 heavy (non-hydrogen) atoms. The van der Waals surface area contributed by atoms with E-state index in [4.69, 9.17) is 11.5 Å². The highest BCUT2D eigenvalue weighted by atomic mass is 35.5. The Kier molecular flexibility index (Phi) is 4.45. The van der Waals surface area contributed by atoms with Crippen LogP contribution in [0, 0.1) is 5.92 Å². The topological polar surface area (TPSA) is 69.1 Å². The summed E-state index contributed by atoms with van der Waals surface area (Å²) in [6, 6.07) is -0.412. The van der Waals surface area contributed by atoms with Gasteiger partial charge in [-0.1, -0.05) is 19.3 Å². The minimum atomic E-state index is -0.412. The molecule has 1 fully saturated rings. The summed E-state index contributed by atoms with van der Waals surface area (Å²) in [6.07, 6.45) is 4.52. The maximum atomic E-state index is 10.5. The molecule has 0 saturated heterocycles. The molecule has 0 radical (unpaired) electrons. The predicted octanol–water partition coefficient (Wildman–Crippen LogP) is 0.411. The smallest absolute Gasteiger partial charge is 0.234 e. The van der Waals surface area contributed by atoms with Gasteiger partial charge in [0, 0.05) is 0 Å².